The van der Waals surface area contributed by atoms with Crippen LogP contribution in [0.25, 0.3) is 0 Å². The van der Waals surface area contributed by atoms with Gasteiger partial charge in [0.25, 0.3) is 0 Å². The van der Waals surface area contributed by atoms with Gasteiger partial charge in [-0.1, -0.05) is 26.3 Å². The molecule has 2 N–H and O–H groups in total. The van der Waals surface area contributed by atoms with Crippen LogP contribution in [0.4, 0.5) is 0 Å². The number of esters is 4. The van der Waals surface area contributed by atoms with Crippen molar-refractivity contribution in [3.63, 3.8) is 0 Å². The van der Waals surface area contributed by atoms with E-state index in [4.69, 9.17) is 18.9 Å². The van der Waals surface area contributed by atoms with Crippen LogP contribution in [0.3, 0.4) is 0 Å². The second-order valence-electron chi connectivity index (χ2n) is 4.97. The zero-order valence-corrected chi connectivity index (χ0v) is 15.0. The van der Waals surface area contributed by atoms with Crippen LogP contribution in [0.2, 0.25) is 0 Å². The van der Waals surface area contributed by atoms with E-state index in [2.05, 4.69) is 26.3 Å². The van der Waals surface area contributed by atoms with E-state index in [0.29, 0.717) is 0 Å². The fraction of sp³-hybridized carbons (Fsp3) is 0.333. The number of hydrogen-bond donors (Lipinski definition) is 2. The molecular formula is C18H22O10. The Bertz CT molecular complexity index is 624. The van der Waals surface area contributed by atoms with Crippen molar-refractivity contribution in [2.75, 3.05) is 13.2 Å². The molecule has 0 aliphatic rings. The van der Waals surface area contributed by atoms with E-state index in [1.165, 1.54) is 0 Å². The van der Waals surface area contributed by atoms with E-state index in [1.807, 2.05) is 0 Å². The average molecular weight is 398 g/mol. The third kappa shape index (κ3) is 8.43. The standard InChI is InChI=1S/C18H22O10/c1-5-13(21)25-10-12(26-14(22)6-2)18(28-16(24)8-4)17(11(20)9-19)27-15(23)7-3/h5-8,11-12,17-20H,1-4,9-10H2/t11-,12+,17-,18-/m1/s1. The van der Waals surface area contributed by atoms with Crippen LogP contribution in [0, 0.1) is 0 Å². The minimum absolute atomic E-state index is 0.667. The molecule has 0 aromatic heterocycles. The monoisotopic (exact) mass is 398 g/mol. The summed E-state index contributed by atoms with van der Waals surface area (Å²) in [7, 11) is 0. The first-order chi connectivity index (χ1) is 13.2. The molecule has 0 heterocycles. The highest BCUT2D eigenvalue weighted by Gasteiger charge is 2.42. The van der Waals surface area contributed by atoms with Gasteiger partial charge in [-0.15, -0.1) is 0 Å². The van der Waals surface area contributed by atoms with Gasteiger partial charge < -0.3 is 29.2 Å². The molecule has 4 atom stereocenters. The molecule has 0 fully saturated rings. The molecular weight excluding hydrogens is 376 g/mol. The highest BCUT2D eigenvalue weighted by Crippen LogP contribution is 2.18. The summed E-state index contributed by atoms with van der Waals surface area (Å²) < 4.78 is 19.8. The number of carbonyl (C=O) groups is 4. The molecule has 154 valence electrons. The van der Waals surface area contributed by atoms with E-state index in [1.54, 1.807) is 0 Å². The highest BCUT2D eigenvalue weighted by molar-refractivity contribution is 5.83. The molecule has 0 aliphatic heterocycles. The maximum atomic E-state index is 11.7. The molecule has 0 unspecified atom stereocenters. The third-order valence-corrected chi connectivity index (χ3v) is 3.09. The van der Waals surface area contributed by atoms with Crippen molar-refractivity contribution in [2.24, 2.45) is 0 Å². The fourth-order valence-corrected chi connectivity index (χ4v) is 1.80. The zero-order chi connectivity index (χ0) is 21.7. The van der Waals surface area contributed by atoms with Crippen LogP contribution in [0.15, 0.2) is 50.6 Å². The van der Waals surface area contributed by atoms with Crippen LogP contribution >= 0.6 is 0 Å². The van der Waals surface area contributed by atoms with Crippen molar-refractivity contribution in [3.05, 3.63) is 50.6 Å². The van der Waals surface area contributed by atoms with Gasteiger partial charge in [0.15, 0.2) is 18.3 Å². The lowest BCUT2D eigenvalue weighted by Crippen LogP contribution is -2.53. The van der Waals surface area contributed by atoms with Crippen molar-refractivity contribution < 1.29 is 48.3 Å². The smallest absolute Gasteiger partial charge is 0.330 e. The van der Waals surface area contributed by atoms with Gasteiger partial charge in [-0.25, -0.2) is 19.2 Å². The Morgan fingerprint density at radius 2 is 1.18 bits per heavy atom. The van der Waals surface area contributed by atoms with Crippen LogP contribution in [-0.2, 0) is 38.1 Å². The van der Waals surface area contributed by atoms with Crippen molar-refractivity contribution in [3.8, 4) is 0 Å². The number of carbonyl (C=O) groups excluding carboxylic acids is 4. The Labute approximate surface area is 161 Å². The summed E-state index contributed by atoms with van der Waals surface area (Å²) >= 11 is 0. The molecule has 0 bridgehead atoms. The van der Waals surface area contributed by atoms with Gasteiger partial charge in [0, 0.05) is 24.3 Å². The van der Waals surface area contributed by atoms with Gasteiger partial charge in [-0.05, 0) is 0 Å². The van der Waals surface area contributed by atoms with Crippen molar-refractivity contribution >= 4 is 23.9 Å². The zero-order valence-electron chi connectivity index (χ0n) is 15.0. The predicted molar refractivity (Wildman–Crippen MR) is 94.5 cm³/mol. The quantitative estimate of drug-likeness (QED) is 0.233. The minimum atomic E-state index is -1.76. The van der Waals surface area contributed by atoms with Crippen LogP contribution < -0.4 is 0 Å². The van der Waals surface area contributed by atoms with Gasteiger partial charge in [0.1, 0.15) is 12.7 Å². The van der Waals surface area contributed by atoms with E-state index >= 15 is 0 Å². The summed E-state index contributed by atoms with van der Waals surface area (Å²) in [6.45, 7) is 11.2. The molecule has 10 heteroatoms. The molecule has 10 nitrogen and oxygen atoms in total. The first-order valence-corrected chi connectivity index (χ1v) is 7.81. The maximum absolute atomic E-state index is 11.7. The van der Waals surface area contributed by atoms with Crippen LogP contribution in [0.5, 0.6) is 0 Å². The van der Waals surface area contributed by atoms with Crippen molar-refractivity contribution in [1.82, 2.24) is 0 Å². The van der Waals surface area contributed by atoms with Crippen molar-refractivity contribution in [2.45, 2.75) is 24.4 Å². The molecule has 0 aliphatic carbocycles. The lowest BCUT2D eigenvalue weighted by atomic mass is 10.0. The van der Waals surface area contributed by atoms with Crippen LogP contribution in [-0.4, -0.2) is 71.7 Å². The molecule has 0 saturated heterocycles. The summed E-state index contributed by atoms with van der Waals surface area (Å²) in [6, 6.07) is 0. The lowest BCUT2D eigenvalue weighted by Gasteiger charge is -2.33. The molecule has 0 rings (SSSR count). The fourth-order valence-electron chi connectivity index (χ4n) is 1.80. The Kier molecular flexibility index (Phi) is 11.5. The summed E-state index contributed by atoms with van der Waals surface area (Å²) in [6.07, 6.45) is -3.61. The van der Waals surface area contributed by atoms with E-state index in [0.717, 1.165) is 24.3 Å². The summed E-state index contributed by atoms with van der Waals surface area (Å²) in [5.74, 6) is -3.96. The van der Waals surface area contributed by atoms with Crippen molar-refractivity contribution in [1.29, 1.82) is 0 Å². The molecule has 0 saturated carbocycles. The second-order valence-corrected chi connectivity index (χ2v) is 4.97. The highest BCUT2D eigenvalue weighted by atomic mass is 16.6. The Balaban J connectivity index is 6.01. The van der Waals surface area contributed by atoms with Crippen LogP contribution in [0.1, 0.15) is 0 Å². The third-order valence-electron chi connectivity index (χ3n) is 3.09. The summed E-state index contributed by atoms with van der Waals surface area (Å²) in [4.78, 5) is 46.3. The Hall–Kier alpha value is -3.24. The summed E-state index contributed by atoms with van der Waals surface area (Å²) in [5.41, 5.74) is 0. The number of rotatable bonds is 13. The molecule has 28 heavy (non-hydrogen) atoms. The topological polar surface area (TPSA) is 146 Å². The van der Waals surface area contributed by atoms with Gasteiger partial charge in [0.2, 0.25) is 0 Å². The molecule has 0 amide bonds. The lowest BCUT2D eigenvalue weighted by molar-refractivity contribution is -0.196. The molecule has 0 aromatic carbocycles. The maximum Gasteiger partial charge on any atom is 0.330 e. The van der Waals surface area contributed by atoms with Gasteiger partial charge in [0.05, 0.1) is 6.61 Å². The Morgan fingerprint density at radius 3 is 1.61 bits per heavy atom. The second kappa shape index (κ2) is 13.0. The van der Waals surface area contributed by atoms with Gasteiger partial charge in [-0.3, -0.25) is 0 Å². The number of hydrogen-bond acceptors (Lipinski definition) is 10. The Morgan fingerprint density at radius 1 is 0.750 bits per heavy atom. The number of ether oxygens (including phenoxy) is 4. The first kappa shape index (κ1) is 24.8. The summed E-state index contributed by atoms with van der Waals surface area (Å²) in [5, 5.41) is 19.3. The average Bonchev–Trinajstić information content (AvgIpc) is 2.71. The number of aliphatic hydroxyl groups is 2. The van der Waals surface area contributed by atoms with Gasteiger partial charge in [-0.2, -0.15) is 0 Å². The van der Waals surface area contributed by atoms with E-state index in [9.17, 15) is 29.4 Å². The largest absolute Gasteiger partial charge is 0.458 e. The molecule has 0 aromatic rings. The predicted octanol–water partition coefficient (Wildman–Crippen LogP) is -0.638. The molecule has 0 spiro atoms. The number of aliphatic hydroxyl groups excluding tert-OH is 2. The van der Waals surface area contributed by atoms with Gasteiger partial charge >= 0.3 is 23.9 Å². The SMILES string of the molecule is C=CC(=O)OC[C@H](OC(=O)C=C)[C@@H](OC(=O)C=C)[C@H](OC(=O)C=C)[C@H](O)CO. The molecule has 0 radical (unpaired) electrons. The van der Waals surface area contributed by atoms with E-state index < -0.39 is 61.5 Å². The normalized spacial score (nSPS) is 14.2. The first-order valence-electron chi connectivity index (χ1n) is 7.81. The minimum Gasteiger partial charge on any atom is -0.458 e. The van der Waals surface area contributed by atoms with E-state index in [-0.39, 0.29) is 0 Å².